The van der Waals surface area contributed by atoms with E-state index in [-0.39, 0.29) is 0 Å². The molecule has 2 aliphatic rings. The van der Waals surface area contributed by atoms with Gasteiger partial charge in [0.1, 0.15) is 0 Å². The molecular formula is C18H29N3. The predicted octanol–water partition coefficient (Wildman–Crippen LogP) is 2.72. The smallest absolute Gasteiger partial charge is 0.0367 e. The summed E-state index contributed by atoms with van der Waals surface area (Å²) in [5.74, 6) is 0.718. The Morgan fingerprint density at radius 2 is 1.62 bits per heavy atom. The summed E-state index contributed by atoms with van der Waals surface area (Å²) in [4.78, 5) is 5.14. The SMILES string of the molecule is NC1CCCCCC1CN1CCN(c2ccccc2)CC1. The van der Waals surface area contributed by atoms with Gasteiger partial charge in [0.15, 0.2) is 0 Å². The minimum absolute atomic E-state index is 0.430. The van der Waals surface area contributed by atoms with E-state index in [2.05, 4.69) is 40.1 Å². The van der Waals surface area contributed by atoms with Gasteiger partial charge >= 0.3 is 0 Å². The van der Waals surface area contributed by atoms with Crippen LogP contribution < -0.4 is 10.6 Å². The Labute approximate surface area is 129 Å². The zero-order valence-corrected chi connectivity index (χ0v) is 13.1. The summed E-state index contributed by atoms with van der Waals surface area (Å²) in [5.41, 5.74) is 7.74. The van der Waals surface area contributed by atoms with Gasteiger partial charge in [0.2, 0.25) is 0 Å². The van der Waals surface area contributed by atoms with Crippen LogP contribution in [0, 0.1) is 5.92 Å². The summed E-state index contributed by atoms with van der Waals surface area (Å²) < 4.78 is 0. The third-order valence-corrected chi connectivity index (χ3v) is 5.20. The standard InChI is InChI=1S/C18H29N3/c19-18-10-6-1-3-7-16(18)15-20-11-13-21(14-12-20)17-8-4-2-5-9-17/h2,4-5,8-9,16,18H,1,3,6-7,10-15,19H2. The van der Waals surface area contributed by atoms with E-state index < -0.39 is 0 Å². The summed E-state index contributed by atoms with van der Waals surface area (Å²) in [5, 5.41) is 0. The molecule has 2 fully saturated rings. The van der Waals surface area contributed by atoms with Gasteiger partial charge in [0, 0.05) is 44.5 Å². The molecule has 3 rings (SSSR count). The van der Waals surface area contributed by atoms with Crippen molar-refractivity contribution in [3.05, 3.63) is 30.3 Å². The first kappa shape index (κ1) is 14.9. The first-order chi connectivity index (χ1) is 10.3. The number of hydrogen-bond acceptors (Lipinski definition) is 3. The molecule has 0 aromatic heterocycles. The lowest BCUT2D eigenvalue weighted by atomic mass is 9.94. The molecule has 116 valence electrons. The van der Waals surface area contributed by atoms with E-state index in [1.807, 2.05) is 0 Å². The van der Waals surface area contributed by atoms with Gasteiger partial charge < -0.3 is 10.6 Å². The van der Waals surface area contributed by atoms with E-state index >= 15 is 0 Å². The quantitative estimate of drug-likeness (QED) is 0.868. The molecular weight excluding hydrogens is 258 g/mol. The lowest BCUT2D eigenvalue weighted by Crippen LogP contribution is -2.49. The highest BCUT2D eigenvalue weighted by atomic mass is 15.3. The van der Waals surface area contributed by atoms with Gasteiger partial charge in [-0.15, -0.1) is 0 Å². The molecule has 1 aromatic rings. The van der Waals surface area contributed by atoms with Crippen molar-refractivity contribution in [2.24, 2.45) is 11.7 Å². The van der Waals surface area contributed by atoms with Crippen LogP contribution in [-0.2, 0) is 0 Å². The Balaban J connectivity index is 1.49. The number of piperazine rings is 1. The van der Waals surface area contributed by atoms with Crippen LogP contribution in [0.15, 0.2) is 30.3 Å². The average Bonchev–Trinajstić information content (AvgIpc) is 2.74. The minimum atomic E-state index is 0.430. The van der Waals surface area contributed by atoms with Gasteiger partial charge in [-0.05, 0) is 30.9 Å². The van der Waals surface area contributed by atoms with Crippen molar-refractivity contribution < 1.29 is 0 Å². The van der Waals surface area contributed by atoms with Crippen molar-refractivity contribution in [3.63, 3.8) is 0 Å². The van der Waals surface area contributed by atoms with Gasteiger partial charge in [0.25, 0.3) is 0 Å². The lowest BCUT2D eigenvalue weighted by Gasteiger charge is -2.38. The highest BCUT2D eigenvalue weighted by Gasteiger charge is 2.25. The van der Waals surface area contributed by atoms with Gasteiger partial charge in [-0.25, -0.2) is 0 Å². The van der Waals surface area contributed by atoms with Gasteiger partial charge in [-0.2, -0.15) is 0 Å². The third kappa shape index (κ3) is 3.98. The molecule has 1 aromatic carbocycles. The highest BCUT2D eigenvalue weighted by molar-refractivity contribution is 5.46. The van der Waals surface area contributed by atoms with Gasteiger partial charge in [0.05, 0.1) is 0 Å². The number of benzene rings is 1. The van der Waals surface area contributed by atoms with Crippen molar-refractivity contribution in [3.8, 4) is 0 Å². The molecule has 3 heteroatoms. The van der Waals surface area contributed by atoms with Crippen molar-refractivity contribution in [2.45, 2.75) is 38.1 Å². The molecule has 1 saturated heterocycles. The number of nitrogens with two attached hydrogens (primary N) is 1. The van der Waals surface area contributed by atoms with E-state index in [1.165, 1.54) is 57.4 Å². The monoisotopic (exact) mass is 287 g/mol. The Morgan fingerprint density at radius 1 is 0.905 bits per heavy atom. The zero-order chi connectivity index (χ0) is 14.5. The second kappa shape index (κ2) is 7.28. The van der Waals surface area contributed by atoms with E-state index in [0.29, 0.717) is 6.04 Å². The van der Waals surface area contributed by atoms with Crippen LogP contribution >= 0.6 is 0 Å². The number of hydrogen-bond donors (Lipinski definition) is 1. The van der Waals surface area contributed by atoms with Crippen molar-refractivity contribution in [2.75, 3.05) is 37.6 Å². The Kier molecular flexibility index (Phi) is 5.15. The Bertz CT molecular complexity index is 412. The maximum Gasteiger partial charge on any atom is 0.0367 e. The first-order valence-corrected chi connectivity index (χ1v) is 8.61. The average molecular weight is 287 g/mol. The summed E-state index contributed by atoms with van der Waals surface area (Å²) in [6, 6.07) is 11.2. The third-order valence-electron chi connectivity index (χ3n) is 5.20. The summed E-state index contributed by atoms with van der Waals surface area (Å²) in [7, 11) is 0. The van der Waals surface area contributed by atoms with Crippen molar-refractivity contribution in [1.82, 2.24) is 4.90 Å². The predicted molar refractivity (Wildman–Crippen MR) is 89.6 cm³/mol. The van der Waals surface area contributed by atoms with E-state index in [0.717, 1.165) is 19.0 Å². The van der Waals surface area contributed by atoms with Crippen molar-refractivity contribution in [1.29, 1.82) is 0 Å². The van der Waals surface area contributed by atoms with Gasteiger partial charge in [-0.3, -0.25) is 4.90 Å². The number of nitrogens with zero attached hydrogens (tertiary/aromatic N) is 2. The summed E-state index contributed by atoms with van der Waals surface area (Å²) >= 11 is 0. The second-order valence-electron chi connectivity index (χ2n) is 6.69. The summed E-state index contributed by atoms with van der Waals surface area (Å²) in [6.45, 7) is 5.86. The lowest BCUT2D eigenvalue weighted by molar-refractivity contribution is 0.197. The number of anilines is 1. The van der Waals surface area contributed by atoms with Crippen LogP contribution in [0.5, 0.6) is 0 Å². The van der Waals surface area contributed by atoms with E-state index in [9.17, 15) is 0 Å². The first-order valence-electron chi connectivity index (χ1n) is 8.61. The molecule has 0 amide bonds. The molecule has 21 heavy (non-hydrogen) atoms. The maximum absolute atomic E-state index is 6.38. The maximum atomic E-state index is 6.38. The molecule has 2 N–H and O–H groups in total. The Morgan fingerprint density at radius 3 is 2.38 bits per heavy atom. The summed E-state index contributed by atoms with van der Waals surface area (Å²) in [6.07, 6.45) is 6.66. The highest BCUT2D eigenvalue weighted by Crippen LogP contribution is 2.24. The topological polar surface area (TPSA) is 32.5 Å². The Hall–Kier alpha value is -1.06. The molecule has 1 heterocycles. The molecule has 0 bridgehead atoms. The zero-order valence-electron chi connectivity index (χ0n) is 13.1. The van der Waals surface area contributed by atoms with Crippen molar-refractivity contribution >= 4 is 5.69 Å². The molecule has 1 aliphatic carbocycles. The fraction of sp³-hybridized carbons (Fsp3) is 0.667. The van der Waals surface area contributed by atoms with E-state index in [4.69, 9.17) is 5.73 Å². The molecule has 3 nitrogen and oxygen atoms in total. The van der Waals surface area contributed by atoms with Crippen LogP contribution in [0.4, 0.5) is 5.69 Å². The fourth-order valence-electron chi connectivity index (χ4n) is 3.80. The molecule has 0 spiro atoms. The molecule has 2 atom stereocenters. The molecule has 0 radical (unpaired) electrons. The molecule has 1 aliphatic heterocycles. The van der Waals surface area contributed by atoms with Gasteiger partial charge in [-0.1, -0.05) is 37.5 Å². The molecule has 2 unspecified atom stereocenters. The normalized spacial score (nSPS) is 28.3. The largest absolute Gasteiger partial charge is 0.369 e. The fourth-order valence-corrected chi connectivity index (χ4v) is 3.80. The number of rotatable bonds is 3. The number of para-hydroxylation sites is 1. The van der Waals surface area contributed by atoms with Crippen LogP contribution in [0.25, 0.3) is 0 Å². The minimum Gasteiger partial charge on any atom is -0.369 e. The van der Waals surface area contributed by atoms with Crippen LogP contribution in [0.1, 0.15) is 32.1 Å². The molecule has 1 saturated carbocycles. The second-order valence-corrected chi connectivity index (χ2v) is 6.69. The van der Waals surface area contributed by atoms with Crippen LogP contribution in [-0.4, -0.2) is 43.7 Å². The van der Waals surface area contributed by atoms with Crippen LogP contribution in [0.3, 0.4) is 0 Å². The van der Waals surface area contributed by atoms with Crippen LogP contribution in [0.2, 0.25) is 0 Å². The van der Waals surface area contributed by atoms with E-state index in [1.54, 1.807) is 0 Å².